The molecular formula is C14H12FN5O2. The van der Waals surface area contributed by atoms with Crippen LogP contribution in [0.5, 0.6) is 0 Å². The number of anilines is 1. The second-order valence-corrected chi connectivity index (χ2v) is 5.52. The predicted molar refractivity (Wildman–Crippen MR) is 75.7 cm³/mol. The normalized spacial score (nSPS) is 24.1. The summed E-state index contributed by atoms with van der Waals surface area (Å²) in [6, 6.07) is 3.83. The molecule has 4 rings (SSSR count). The van der Waals surface area contributed by atoms with Gasteiger partial charge in [0.1, 0.15) is 23.5 Å². The highest BCUT2D eigenvalue weighted by Gasteiger charge is 2.51. The number of benzene rings is 1. The molecule has 2 aliphatic rings. The molecule has 7 nitrogen and oxygen atoms in total. The zero-order chi connectivity index (χ0) is 15.3. The number of fused-ring (bicyclic) bond motifs is 1. The molecule has 1 spiro atoms. The molecule has 1 atom stereocenters. The number of rotatable bonds is 1. The Hall–Kier alpha value is -2.77. The third-order valence-electron chi connectivity index (χ3n) is 4.16. The van der Waals surface area contributed by atoms with Crippen molar-refractivity contribution in [1.82, 2.24) is 20.6 Å². The van der Waals surface area contributed by atoms with Gasteiger partial charge in [-0.2, -0.15) is 0 Å². The van der Waals surface area contributed by atoms with E-state index in [1.165, 1.54) is 18.5 Å². The van der Waals surface area contributed by atoms with Crippen LogP contribution >= 0.6 is 0 Å². The molecule has 112 valence electrons. The van der Waals surface area contributed by atoms with Gasteiger partial charge >= 0.3 is 6.03 Å². The van der Waals surface area contributed by atoms with E-state index in [2.05, 4.69) is 20.6 Å². The molecule has 0 saturated carbocycles. The standard InChI is InChI=1S/C14H12FN5O2/c15-8-1-2-10-9(5-8)11(17-7-16-10)20-4-3-14(6-20)12(21)18-13(22)19-14/h1-2,5,7H,3-4,6H2,(H2,18,19,21,22). The summed E-state index contributed by atoms with van der Waals surface area (Å²) in [5.74, 6) is -0.135. The predicted octanol–water partition coefficient (Wildman–Crippen LogP) is 0.557. The lowest BCUT2D eigenvalue weighted by Crippen LogP contribution is -2.49. The number of hydrogen-bond acceptors (Lipinski definition) is 5. The quantitative estimate of drug-likeness (QED) is 0.751. The first-order chi connectivity index (χ1) is 10.6. The molecule has 2 aliphatic heterocycles. The van der Waals surface area contributed by atoms with Crippen LogP contribution in [0.3, 0.4) is 0 Å². The number of carbonyl (C=O) groups excluding carboxylic acids is 2. The van der Waals surface area contributed by atoms with Crippen molar-refractivity contribution in [2.24, 2.45) is 0 Å². The summed E-state index contributed by atoms with van der Waals surface area (Å²) in [7, 11) is 0. The van der Waals surface area contributed by atoms with Crippen LogP contribution in [-0.2, 0) is 4.79 Å². The van der Waals surface area contributed by atoms with Crippen LogP contribution in [0.2, 0.25) is 0 Å². The van der Waals surface area contributed by atoms with E-state index in [9.17, 15) is 14.0 Å². The second kappa shape index (κ2) is 4.36. The number of carbonyl (C=O) groups is 2. The Labute approximate surface area is 124 Å². The van der Waals surface area contributed by atoms with E-state index < -0.39 is 11.6 Å². The van der Waals surface area contributed by atoms with Crippen molar-refractivity contribution < 1.29 is 14.0 Å². The number of nitrogens with one attached hydrogen (secondary N) is 2. The maximum Gasteiger partial charge on any atom is 0.322 e. The van der Waals surface area contributed by atoms with Gasteiger partial charge in [0.2, 0.25) is 0 Å². The molecule has 3 heterocycles. The highest BCUT2D eigenvalue weighted by atomic mass is 19.1. The van der Waals surface area contributed by atoms with Crippen LogP contribution in [0.1, 0.15) is 6.42 Å². The van der Waals surface area contributed by atoms with Crippen LogP contribution in [0.25, 0.3) is 10.9 Å². The number of amides is 3. The molecule has 22 heavy (non-hydrogen) atoms. The molecule has 8 heteroatoms. The van der Waals surface area contributed by atoms with E-state index in [1.807, 2.05) is 4.90 Å². The fraction of sp³-hybridized carbons (Fsp3) is 0.286. The molecule has 2 fully saturated rings. The molecule has 1 aromatic carbocycles. The van der Waals surface area contributed by atoms with E-state index >= 15 is 0 Å². The first kappa shape index (κ1) is 12.9. The summed E-state index contributed by atoms with van der Waals surface area (Å²) in [6.07, 6.45) is 1.89. The van der Waals surface area contributed by atoms with Crippen LogP contribution in [0.4, 0.5) is 15.0 Å². The molecule has 0 aliphatic carbocycles. The fourth-order valence-corrected chi connectivity index (χ4v) is 3.07. The average Bonchev–Trinajstić information content (AvgIpc) is 3.03. The van der Waals surface area contributed by atoms with Crippen LogP contribution in [0.15, 0.2) is 24.5 Å². The largest absolute Gasteiger partial charge is 0.353 e. The number of urea groups is 1. The zero-order valence-corrected chi connectivity index (χ0v) is 11.5. The summed E-state index contributed by atoms with van der Waals surface area (Å²) in [5, 5.41) is 5.53. The molecule has 0 bridgehead atoms. The Morgan fingerprint density at radius 1 is 1.27 bits per heavy atom. The number of halogens is 1. The summed E-state index contributed by atoms with van der Waals surface area (Å²) >= 11 is 0. The molecule has 3 amide bonds. The van der Waals surface area contributed by atoms with Gasteiger partial charge in [0.15, 0.2) is 0 Å². The lowest BCUT2D eigenvalue weighted by molar-refractivity contribution is -0.123. The highest BCUT2D eigenvalue weighted by molar-refractivity contribution is 6.08. The zero-order valence-electron chi connectivity index (χ0n) is 11.5. The molecular weight excluding hydrogens is 289 g/mol. The molecule has 1 aromatic heterocycles. The van der Waals surface area contributed by atoms with Crippen LogP contribution in [-0.4, -0.2) is 40.5 Å². The van der Waals surface area contributed by atoms with Gasteiger partial charge in [-0.25, -0.2) is 19.2 Å². The van der Waals surface area contributed by atoms with Gasteiger partial charge in [0.05, 0.1) is 12.1 Å². The minimum Gasteiger partial charge on any atom is -0.353 e. The van der Waals surface area contributed by atoms with Gasteiger partial charge < -0.3 is 10.2 Å². The van der Waals surface area contributed by atoms with Crippen LogP contribution in [0, 0.1) is 5.82 Å². The van der Waals surface area contributed by atoms with Crippen molar-refractivity contribution in [3.8, 4) is 0 Å². The lowest BCUT2D eigenvalue weighted by atomic mass is 9.99. The monoisotopic (exact) mass is 301 g/mol. The highest BCUT2D eigenvalue weighted by Crippen LogP contribution is 2.31. The van der Waals surface area contributed by atoms with Crippen LogP contribution < -0.4 is 15.5 Å². The fourth-order valence-electron chi connectivity index (χ4n) is 3.07. The third-order valence-corrected chi connectivity index (χ3v) is 4.16. The maximum absolute atomic E-state index is 13.5. The Balaban J connectivity index is 1.74. The van der Waals surface area contributed by atoms with Crippen molar-refractivity contribution in [3.63, 3.8) is 0 Å². The van der Waals surface area contributed by atoms with E-state index in [4.69, 9.17) is 0 Å². The van der Waals surface area contributed by atoms with E-state index in [-0.39, 0.29) is 11.7 Å². The second-order valence-electron chi connectivity index (χ2n) is 5.52. The topological polar surface area (TPSA) is 87.2 Å². The smallest absolute Gasteiger partial charge is 0.322 e. The Kier molecular flexibility index (Phi) is 2.56. The van der Waals surface area contributed by atoms with E-state index in [0.29, 0.717) is 36.2 Å². The van der Waals surface area contributed by atoms with Gasteiger partial charge in [-0.3, -0.25) is 10.1 Å². The number of nitrogens with zero attached hydrogens (tertiary/aromatic N) is 3. The Morgan fingerprint density at radius 3 is 2.91 bits per heavy atom. The minimum atomic E-state index is -0.929. The van der Waals surface area contributed by atoms with Gasteiger partial charge in [-0.05, 0) is 24.6 Å². The van der Waals surface area contributed by atoms with Crippen molar-refractivity contribution in [2.45, 2.75) is 12.0 Å². The SMILES string of the molecule is O=C1NC(=O)C2(CCN(c3ncnc4ccc(F)cc34)C2)N1. The Bertz CT molecular complexity index is 811. The lowest BCUT2D eigenvalue weighted by Gasteiger charge is -2.22. The molecule has 0 radical (unpaired) electrons. The number of hydrogen-bond donors (Lipinski definition) is 2. The first-order valence-corrected chi connectivity index (χ1v) is 6.86. The van der Waals surface area contributed by atoms with E-state index in [1.54, 1.807) is 6.07 Å². The molecule has 2 aromatic rings. The van der Waals surface area contributed by atoms with Crippen molar-refractivity contribution >= 4 is 28.7 Å². The summed E-state index contributed by atoms with van der Waals surface area (Å²) in [4.78, 5) is 33.6. The summed E-state index contributed by atoms with van der Waals surface area (Å²) in [5.41, 5.74) is -0.297. The van der Waals surface area contributed by atoms with Gasteiger partial charge in [0.25, 0.3) is 5.91 Å². The summed E-state index contributed by atoms with van der Waals surface area (Å²) < 4.78 is 13.5. The minimum absolute atomic E-state index is 0.299. The number of aromatic nitrogens is 2. The molecule has 2 saturated heterocycles. The van der Waals surface area contributed by atoms with Crippen molar-refractivity contribution in [3.05, 3.63) is 30.3 Å². The third kappa shape index (κ3) is 1.80. The van der Waals surface area contributed by atoms with Gasteiger partial charge in [-0.1, -0.05) is 0 Å². The first-order valence-electron chi connectivity index (χ1n) is 6.86. The van der Waals surface area contributed by atoms with Crippen molar-refractivity contribution in [2.75, 3.05) is 18.0 Å². The average molecular weight is 301 g/mol. The maximum atomic E-state index is 13.5. The summed E-state index contributed by atoms with van der Waals surface area (Å²) in [6.45, 7) is 0.837. The Morgan fingerprint density at radius 2 is 2.14 bits per heavy atom. The molecule has 2 N–H and O–H groups in total. The van der Waals surface area contributed by atoms with Gasteiger partial charge in [0, 0.05) is 11.9 Å². The molecule has 1 unspecified atom stereocenters. The van der Waals surface area contributed by atoms with E-state index in [0.717, 1.165) is 0 Å². The van der Waals surface area contributed by atoms with Gasteiger partial charge in [-0.15, -0.1) is 0 Å². The van der Waals surface area contributed by atoms with Crippen molar-refractivity contribution in [1.29, 1.82) is 0 Å². The number of imide groups is 1.